The fourth-order valence-electron chi connectivity index (χ4n) is 2.57. The Bertz CT molecular complexity index is 1040. The molecule has 1 heterocycles. The highest BCUT2D eigenvalue weighted by Gasteiger charge is 2.33. The molecular weight excluding hydrogens is 438 g/mol. The monoisotopic (exact) mass is 447 g/mol. The van der Waals surface area contributed by atoms with E-state index in [1.807, 2.05) is 0 Å². The lowest BCUT2D eigenvalue weighted by molar-refractivity contribution is -0.137. The molecule has 0 spiro atoms. The van der Waals surface area contributed by atoms with Gasteiger partial charge in [-0.2, -0.15) is 13.2 Å². The molecule has 3 rings (SSSR count). The molecule has 2 aromatic carbocycles. The van der Waals surface area contributed by atoms with Gasteiger partial charge in [0.25, 0.3) is 5.91 Å². The van der Waals surface area contributed by atoms with E-state index >= 15 is 0 Å². The summed E-state index contributed by atoms with van der Waals surface area (Å²) in [5.74, 6) is 0.135. The maximum atomic E-state index is 12.8. The Morgan fingerprint density at radius 3 is 2.21 bits per heavy atom. The fraction of sp³-hybridized carbons (Fsp3) is 0.105. The molecule has 1 N–H and O–H groups in total. The van der Waals surface area contributed by atoms with E-state index in [0.29, 0.717) is 27.1 Å². The number of hydrogen-bond acceptors (Lipinski definition) is 2. The lowest BCUT2D eigenvalue weighted by Crippen LogP contribution is -2.13. The summed E-state index contributed by atoms with van der Waals surface area (Å²) < 4.78 is 43.9. The van der Waals surface area contributed by atoms with Crippen LogP contribution in [0.1, 0.15) is 21.7 Å². The van der Waals surface area contributed by atoms with Gasteiger partial charge in [-0.25, -0.2) is 0 Å². The van der Waals surface area contributed by atoms with E-state index < -0.39 is 22.7 Å². The van der Waals surface area contributed by atoms with Gasteiger partial charge in [-0.1, -0.05) is 34.8 Å². The van der Waals surface area contributed by atoms with Crippen LogP contribution in [0.2, 0.25) is 15.1 Å². The van der Waals surface area contributed by atoms with Gasteiger partial charge >= 0.3 is 6.18 Å². The average molecular weight is 449 g/mol. The number of carbonyl (C=O) groups is 1. The zero-order valence-corrected chi connectivity index (χ0v) is 16.4. The summed E-state index contributed by atoms with van der Waals surface area (Å²) in [7, 11) is 0. The molecule has 0 aliphatic heterocycles. The zero-order valence-electron chi connectivity index (χ0n) is 14.1. The van der Waals surface area contributed by atoms with Gasteiger partial charge in [-0.05, 0) is 49.4 Å². The minimum atomic E-state index is -4.58. The van der Waals surface area contributed by atoms with Crippen molar-refractivity contribution >= 4 is 46.4 Å². The highest BCUT2D eigenvalue weighted by atomic mass is 35.5. The van der Waals surface area contributed by atoms with Crippen LogP contribution in [0.3, 0.4) is 0 Å². The van der Waals surface area contributed by atoms with Crippen molar-refractivity contribution in [2.75, 3.05) is 5.32 Å². The molecular formula is C19H11Cl3F3NO2. The lowest BCUT2D eigenvalue weighted by atomic mass is 10.1. The summed E-state index contributed by atoms with van der Waals surface area (Å²) in [6, 6.07) is 9.28. The number of hydrogen-bond donors (Lipinski definition) is 1. The molecule has 1 amide bonds. The second-order valence-electron chi connectivity index (χ2n) is 5.89. The van der Waals surface area contributed by atoms with Crippen LogP contribution < -0.4 is 5.32 Å². The number of alkyl halides is 3. The van der Waals surface area contributed by atoms with Crippen molar-refractivity contribution < 1.29 is 22.4 Å². The first-order valence-electron chi connectivity index (χ1n) is 7.79. The number of rotatable bonds is 3. The molecule has 0 bridgehead atoms. The van der Waals surface area contributed by atoms with Gasteiger partial charge in [0, 0.05) is 21.3 Å². The predicted octanol–water partition coefficient (Wildman–Crippen LogP) is 7.49. The normalized spacial score (nSPS) is 11.5. The van der Waals surface area contributed by atoms with Gasteiger partial charge < -0.3 is 9.73 Å². The molecule has 3 nitrogen and oxygen atoms in total. The highest BCUT2D eigenvalue weighted by molar-refractivity contribution is 6.35. The molecule has 0 aliphatic carbocycles. The van der Waals surface area contributed by atoms with Crippen molar-refractivity contribution in [3.05, 3.63) is 74.4 Å². The first-order chi connectivity index (χ1) is 13.0. The summed E-state index contributed by atoms with van der Waals surface area (Å²) in [4.78, 5) is 12.5. The highest BCUT2D eigenvalue weighted by Crippen LogP contribution is 2.36. The van der Waals surface area contributed by atoms with Crippen LogP contribution in [-0.4, -0.2) is 5.91 Å². The second-order valence-corrected chi connectivity index (χ2v) is 7.17. The average Bonchev–Trinajstić information content (AvgIpc) is 2.95. The summed E-state index contributed by atoms with van der Waals surface area (Å²) in [5, 5.41) is 2.80. The molecule has 9 heteroatoms. The topological polar surface area (TPSA) is 42.2 Å². The third-order valence-corrected chi connectivity index (χ3v) is 4.59. The van der Waals surface area contributed by atoms with E-state index in [9.17, 15) is 18.0 Å². The standard InChI is InChI=1S/C19H11Cl3F3NO2/c1-9-14(8-17(28-9)10-4-11(20)6-12(21)5-10)18(27)26-13-2-3-15(16(22)7-13)19(23,24)25/h2-8H,1H3,(H,26,27). The number of carbonyl (C=O) groups excluding carboxylic acids is 1. The minimum absolute atomic E-state index is 0.121. The lowest BCUT2D eigenvalue weighted by Gasteiger charge is -2.11. The third-order valence-electron chi connectivity index (χ3n) is 3.84. The largest absolute Gasteiger partial charge is 0.461 e. The molecule has 0 aliphatic rings. The van der Waals surface area contributed by atoms with E-state index in [2.05, 4.69) is 5.32 Å². The predicted molar refractivity (Wildman–Crippen MR) is 103 cm³/mol. The summed E-state index contributed by atoms with van der Waals surface area (Å²) >= 11 is 17.6. The van der Waals surface area contributed by atoms with Crippen LogP contribution >= 0.6 is 34.8 Å². The summed E-state index contributed by atoms with van der Waals surface area (Å²) in [6.45, 7) is 1.59. The smallest absolute Gasteiger partial charge is 0.417 e. The van der Waals surface area contributed by atoms with Crippen LogP contribution in [0.4, 0.5) is 18.9 Å². The van der Waals surface area contributed by atoms with Crippen molar-refractivity contribution in [2.45, 2.75) is 13.1 Å². The Labute approximate surface area is 173 Å². The Morgan fingerprint density at radius 2 is 1.64 bits per heavy atom. The molecule has 0 unspecified atom stereocenters. The first kappa shape index (κ1) is 20.6. The summed E-state index contributed by atoms with van der Waals surface area (Å²) in [6.07, 6.45) is -4.58. The number of benzene rings is 2. The Hall–Kier alpha value is -2.15. The quantitative estimate of drug-likeness (QED) is 0.451. The fourth-order valence-corrected chi connectivity index (χ4v) is 3.38. The Morgan fingerprint density at radius 1 is 1.00 bits per heavy atom. The molecule has 146 valence electrons. The number of furan rings is 1. The van der Waals surface area contributed by atoms with E-state index in [4.69, 9.17) is 39.2 Å². The van der Waals surface area contributed by atoms with Gasteiger partial charge in [0.1, 0.15) is 11.5 Å². The molecule has 0 fully saturated rings. The maximum absolute atomic E-state index is 12.8. The molecule has 0 saturated heterocycles. The minimum Gasteiger partial charge on any atom is -0.461 e. The van der Waals surface area contributed by atoms with Gasteiger partial charge in [0.2, 0.25) is 0 Å². The number of aryl methyl sites for hydroxylation is 1. The van der Waals surface area contributed by atoms with Crippen LogP contribution in [0.25, 0.3) is 11.3 Å². The zero-order chi connectivity index (χ0) is 20.6. The number of nitrogens with one attached hydrogen (secondary N) is 1. The van der Waals surface area contributed by atoms with Crippen molar-refractivity contribution in [3.63, 3.8) is 0 Å². The van der Waals surface area contributed by atoms with Crippen molar-refractivity contribution in [2.24, 2.45) is 0 Å². The van der Waals surface area contributed by atoms with E-state index in [1.165, 1.54) is 6.07 Å². The second kappa shape index (κ2) is 7.70. The Kier molecular flexibility index (Phi) is 5.66. The molecule has 1 aromatic heterocycles. The van der Waals surface area contributed by atoms with Crippen LogP contribution in [0.15, 0.2) is 46.9 Å². The molecule has 0 atom stereocenters. The molecule has 3 aromatic rings. The molecule has 0 saturated carbocycles. The van der Waals surface area contributed by atoms with Gasteiger partial charge in [-0.15, -0.1) is 0 Å². The van der Waals surface area contributed by atoms with Crippen molar-refractivity contribution in [3.8, 4) is 11.3 Å². The van der Waals surface area contributed by atoms with Gasteiger partial charge in [0.05, 0.1) is 16.1 Å². The van der Waals surface area contributed by atoms with Crippen LogP contribution in [0.5, 0.6) is 0 Å². The Balaban J connectivity index is 1.86. The van der Waals surface area contributed by atoms with Crippen LogP contribution in [-0.2, 0) is 6.18 Å². The summed E-state index contributed by atoms with van der Waals surface area (Å²) in [5.41, 5.74) is -0.0675. The van der Waals surface area contributed by atoms with E-state index in [-0.39, 0.29) is 11.3 Å². The van der Waals surface area contributed by atoms with Crippen molar-refractivity contribution in [1.29, 1.82) is 0 Å². The van der Waals surface area contributed by atoms with Gasteiger partial charge in [-0.3, -0.25) is 4.79 Å². The number of halogens is 6. The van der Waals surface area contributed by atoms with E-state index in [0.717, 1.165) is 18.2 Å². The third kappa shape index (κ3) is 4.46. The first-order valence-corrected chi connectivity index (χ1v) is 8.93. The SMILES string of the molecule is Cc1oc(-c2cc(Cl)cc(Cl)c2)cc1C(=O)Nc1ccc(C(F)(F)F)c(Cl)c1. The number of amides is 1. The molecule has 0 radical (unpaired) electrons. The number of anilines is 1. The molecule has 28 heavy (non-hydrogen) atoms. The van der Waals surface area contributed by atoms with Gasteiger partial charge in [0.15, 0.2) is 0 Å². The van der Waals surface area contributed by atoms with E-state index in [1.54, 1.807) is 25.1 Å². The maximum Gasteiger partial charge on any atom is 0.417 e. The van der Waals surface area contributed by atoms with Crippen molar-refractivity contribution in [1.82, 2.24) is 0 Å². The van der Waals surface area contributed by atoms with Crippen LogP contribution in [0, 0.1) is 6.92 Å².